The van der Waals surface area contributed by atoms with Gasteiger partial charge in [-0.2, -0.15) is 0 Å². The average Bonchev–Trinajstić information content (AvgIpc) is 2.82. The molecule has 2 heterocycles. The number of hydrogen-bond acceptors (Lipinski definition) is 3. The second-order valence-electron chi connectivity index (χ2n) is 4.93. The van der Waals surface area contributed by atoms with Gasteiger partial charge in [0.15, 0.2) is 0 Å². The molecule has 1 aliphatic rings. The zero-order valence-electron chi connectivity index (χ0n) is 10.7. The van der Waals surface area contributed by atoms with Crippen molar-refractivity contribution in [3.63, 3.8) is 0 Å². The third kappa shape index (κ3) is 3.46. The Hall–Kier alpha value is -1.56. The molecule has 1 unspecified atom stereocenters. The molecule has 0 radical (unpaired) electrons. The maximum Gasteiger partial charge on any atom is 0.314 e. The molecule has 1 saturated heterocycles. The number of amides is 2. The van der Waals surface area contributed by atoms with E-state index in [0.717, 1.165) is 32.5 Å². The summed E-state index contributed by atoms with van der Waals surface area (Å²) in [6.45, 7) is 4.59. The predicted molar refractivity (Wildman–Crippen MR) is 69.0 cm³/mol. The molecule has 0 saturated carbocycles. The van der Waals surface area contributed by atoms with Crippen LogP contribution in [0.5, 0.6) is 0 Å². The summed E-state index contributed by atoms with van der Waals surface area (Å²) in [6.07, 6.45) is 7.52. The molecule has 6 heteroatoms. The first-order valence-corrected chi connectivity index (χ1v) is 6.41. The van der Waals surface area contributed by atoms with E-state index in [1.54, 1.807) is 11.1 Å². The highest BCUT2D eigenvalue weighted by atomic mass is 16.2. The van der Waals surface area contributed by atoms with E-state index in [0.29, 0.717) is 12.1 Å². The third-order valence-corrected chi connectivity index (χ3v) is 3.37. The van der Waals surface area contributed by atoms with E-state index >= 15 is 0 Å². The van der Waals surface area contributed by atoms with Crippen LogP contribution in [-0.2, 0) is 6.54 Å². The van der Waals surface area contributed by atoms with Crippen LogP contribution < -0.4 is 11.1 Å². The van der Waals surface area contributed by atoms with Gasteiger partial charge in [0.1, 0.15) is 0 Å². The van der Waals surface area contributed by atoms with Crippen LogP contribution in [0.25, 0.3) is 0 Å². The van der Waals surface area contributed by atoms with Crippen LogP contribution in [0.2, 0.25) is 0 Å². The van der Waals surface area contributed by atoms with Gasteiger partial charge in [0.05, 0.1) is 6.33 Å². The summed E-state index contributed by atoms with van der Waals surface area (Å²) in [5, 5.41) is 3.59. The average molecular weight is 251 g/mol. The Morgan fingerprint density at radius 3 is 2.83 bits per heavy atom. The molecular formula is C12H21N5O. The molecule has 100 valence electrons. The van der Waals surface area contributed by atoms with Crippen molar-refractivity contribution in [2.24, 2.45) is 5.73 Å². The number of piperidine rings is 1. The van der Waals surface area contributed by atoms with E-state index in [-0.39, 0.29) is 6.03 Å². The molecule has 0 bridgehead atoms. The lowest BCUT2D eigenvalue weighted by Crippen LogP contribution is -2.49. The van der Waals surface area contributed by atoms with E-state index in [2.05, 4.69) is 21.8 Å². The van der Waals surface area contributed by atoms with Crippen molar-refractivity contribution in [2.75, 3.05) is 13.1 Å². The fourth-order valence-corrected chi connectivity index (χ4v) is 2.43. The molecule has 1 fully saturated rings. The second-order valence-corrected chi connectivity index (χ2v) is 4.93. The lowest BCUT2D eigenvalue weighted by atomic mass is 10.0. The monoisotopic (exact) mass is 251 g/mol. The minimum Gasteiger partial charge on any atom is -0.351 e. The Labute approximate surface area is 107 Å². The number of likely N-dealkylation sites (tertiary alicyclic amines) is 1. The molecule has 1 aliphatic heterocycles. The zero-order chi connectivity index (χ0) is 13.0. The van der Waals surface area contributed by atoms with Crippen LogP contribution >= 0.6 is 0 Å². The summed E-state index contributed by atoms with van der Waals surface area (Å²) in [7, 11) is 0. The van der Waals surface area contributed by atoms with E-state index in [1.807, 2.05) is 12.5 Å². The summed E-state index contributed by atoms with van der Waals surface area (Å²) in [4.78, 5) is 16.7. The first-order valence-electron chi connectivity index (χ1n) is 6.41. The standard InChI is InChI=1S/C12H21N5O/c1-10(8-16-7-4-14-9-16)15-11-2-5-17(6-3-11)12(13)18/h4,7,9-11,15H,2-3,5-6,8H2,1H3,(H2,13,18). The Morgan fingerprint density at radius 1 is 1.56 bits per heavy atom. The number of nitrogens with two attached hydrogens (primary N) is 1. The predicted octanol–water partition coefficient (Wildman–Crippen LogP) is 0.404. The van der Waals surface area contributed by atoms with Crippen LogP contribution in [0.3, 0.4) is 0 Å². The first kappa shape index (κ1) is 12.9. The summed E-state index contributed by atoms with van der Waals surface area (Å²) in [6, 6.07) is 0.559. The minimum atomic E-state index is -0.306. The number of carbonyl (C=O) groups excluding carboxylic acids is 1. The number of nitrogens with one attached hydrogen (secondary N) is 1. The van der Waals surface area contributed by atoms with Gasteiger partial charge in [-0.05, 0) is 19.8 Å². The zero-order valence-corrected chi connectivity index (χ0v) is 10.7. The molecule has 6 nitrogen and oxygen atoms in total. The normalized spacial score (nSPS) is 18.8. The SMILES string of the molecule is CC(Cn1ccnc1)NC1CCN(C(N)=O)CC1. The van der Waals surface area contributed by atoms with Crippen LogP contribution in [0.1, 0.15) is 19.8 Å². The Morgan fingerprint density at radius 2 is 2.28 bits per heavy atom. The van der Waals surface area contributed by atoms with Gasteiger partial charge in [-0.25, -0.2) is 9.78 Å². The molecule has 0 aliphatic carbocycles. The number of carbonyl (C=O) groups is 1. The fourth-order valence-electron chi connectivity index (χ4n) is 2.43. The van der Waals surface area contributed by atoms with Gasteiger partial charge in [-0.15, -0.1) is 0 Å². The number of hydrogen-bond donors (Lipinski definition) is 2. The molecule has 3 N–H and O–H groups in total. The summed E-state index contributed by atoms with van der Waals surface area (Å²) >= 11 is 0. The number of imidazole rings is 1. The maximum atomic E-state index is 11.0. The van der Waals surface area contributed by atoms with E-state index in [1.165, 1.54) is 0 Å². The van der Waals surface area contributed by atoms with Gasteiger partial charge in [-0.3, -0.25) is 0 Å². The van der Waals surface area contributed by atoms with Gasteiger partial charge < -0.3 is 20.5 Å². The maximum absolute atomic E-state index is 11.0. The van der Waals surface area contributed by atoms with Crippen LogP contribution in [0.15, 0.2) is 18.7 Å². The quantitative estimate of drug-likeness (QED) is 0.813. The van der Waals surface area contributed by atoms with Crippen LogP contribution in [0.4, 0.5) is 4.79 Å². The molecule has 18 heavy (non-hydrogen) atoms. The highest BCUT2D eigenvalue weighted by Gasteiger charge is 2.21. The molecule has 1 aromatic rings. The largest absolute Gasteiger partial charge is 0.351 e. The van der Waals surface area contributed by atoms with E-state index < -0.39 is 0 Å². The molecule has 2 amide bonds. The summed E-state index contributed by atoms with van der Waals surface area (Å²) in [5.74, 6) is 0. The number of aromatic nitrogens is 2. The van der Waals surface area contributed by atoms with Gasteiger partial charge >= 0.3 is 6.03 Å². The van der Waals surface area contributed by atoms with Crippen LogP contribution in [0, 0.1) is 0 Å². The highest BCUT2D eigenvalue weighted by Crippen LogP contribution is 2.10. The second kappa shape index (κ2) is 5.86. The van der Waals surface area contributed by atoms with Crippen molar-refractivity contribution in [3.8, 4) is 0 Å². The van der Waals surface area contributed by atoms with E-state index in [9.17, 15) is 4.79 Å². The van der Waals surface area contributed by atoms with Crippen molar-refractivity contribution in [3.05, 3.63) is 18.7 Å². The van der Waals surface area contributed by atoms with Crippen molar-refractivity contribution < 1.29 is 4.79 Å². The van der Waals surface area contributed by atoms with Crippen molar-refractivity contribution >= 4 is 6.03 Å². The van der Waals surface area contributed by atoms with Crippen molar-refractivity contribution in [1.82, 2.24) is 19.8 Å². The van der Waals surface area contributed by atoms with Gasteiger partial charge in [0.25, 0.3) is 0 Å². The third-order valence-electron chi connectivity index (χ3n) is 3.37. The summed E-state index contributed by atoms with van der Waals surface area (Å²) in [5.41, 5.74) is 5.26. The fraction of sp³-hybridized carbons (Fsp3) is 0.667. The molecular weight excluding hydrogens is 230 g/mol. The molecule has 0 aromatic carbocycles. The number of nitrogens with zero attached hydrogens (tertiary/aromatic N) is 3. The van der Waals surface area contributed by atoms with Gasteiger partial charge in [-0.1, -0.05) is 0 Å². The lowest BCUT2D eigenvalue weighted by molar-refractivity contribution is 0.182. The summed E-state index contributed by atoms with van der Waals surface area (Å²) < 4.78 is 2.07. The Balaban J connectivity index is 1.72. The lowest BCUT2D eigenvalue weighted by Gasteiger charge is -2.33. The van der Waals surface area contributed by atoms with Gasteiger partial charge in [0, 0.05) is 44.1 Å². The molecule has 1 aromatic heterocycles. The van der Waals surface area contributed by atoms with E-state index in [4.69, 9.17) is 5.73 Å². The molecule has 1 atom stereocenters. The topological polar surface area (TPSA) is 76.2 Å². The van der Waals surface area contributed by atoms with Crippen molar-refractivity contribution in [2.45, 2.75) is 38.4 Å². The number of urea groups is 1. The van der Waals surface area contributed by atoms with Crippen molar-refractivity contribution in [1.29, 1.82) is 0 Å². The van der Waals surface area contributed by atoms with Crippen LogP contribution in [-0.4, -0.2) is 45.7 Å². The first-order chi connectivity index (χ1) is 8.65. The highest BCUT2D eigenvalue weighted by molar-refractivity contribution is 5.72. The molecule has 0 spiro atoms. The number of rotatable bonds is 4. The van der Waals surface area contributed by atoms with Gasteiger partial charge in [0.2, 0.25) is 0 Å². The Kier molecular flexibility index (Phi) is 4.19. The smallest absolute Gasteiger partial charge is 0.314 e. The molecule has 2 rings (SSSR count). The minimum absolute atomic E-state index is 0.306. The Bertz CT molecular complexity index is 370. The number of primary amides is 1.